The summed E-state index contributed by atoms with van der Waals surface area (Å²) >= 11 is 0. The second kappa shape index (κ2) is 14.7. The number of hydrogen-bond donors (Lipinski definition) is 1. The summed E-state index contributed by atoms with van der Waals surface area (Å²) in [6, 6.07) is 19.5. The van der Waals surface area contributed by atoms with Crippen molar-refractivity contribution >= 4 is 27.5 Å². The molecular formula is C32H41N3O6S. The molecular weight excluding hydrogens is 554 g/mol. The van der Waals surface area contributed by atoms with Crippen molar-refractivity contribution in [1.29, 1.82) is 0 Å². The highest BCUT2D eigenvalue weighted by atomic mass is 32.2. The Morgan fingerprint density at radius 3 is 2.19 bits per heavy atom. The van der Waals surface area contributed by atoms with Crippen molar-refractivity contribution in [1.82, 2.24) is 10.2 Å². The lowest BCUT2D eigenvalue weighted by atomic mass is 10.1. The zero-order valence-electron chi connectivity index (χ0n) is 25.2. The van der Waals surface area contributed by atoms with Crippen LogP contribution in [0.4, 0.5) is 5.69 Å². The van der Waals surface area contributed by atoms with E-state index in [9.17, 15) is 18.0 Å². The fourth-order valence-corrected chi connectivity index (χ4v) is 6.00. The first-order valence-electron chi connectivity index (χ1n) is 13.9. The van der Waals surface area contributed by atoms with Crippen molar-refractivity contribution in [3.63, 3.8) is 0 Å². The fourth-order valence-electron chi connectivity index (χ4n) is 4.58. The van der Waals surface area contributed by atoms with Gasteiger partial charge in [-0.3, -0.25) is 13.9 Å². The van der Waals surface area contributed by atoms with Gasteiger partial charge < -0.3 is 19.7 Å². The Balaban J connectivity index is 2.09. The van der Waals surface area contributed by atoms with Crippen LogP contribution in [0, 0.1) is 12.8 Å². The van der Waals surface area contributed by atoms with Gasteiger partial charge in [0.15, 0.2) is 11.5 Å². The number of ether oxygens (including phenoxy) is 2. The van der Waals surface area contributed by atoms with E-state index in [-0.39, 0.29) is 29.0 Å². The Labute approximate surface area is 249 Å². The lowest BCUT2D eigenvalue weighted by molar-refractivity contribution is -0.140. The van der Waals surface area contributed by atoms with Crippen molar-refractivity contribution in [2.45, 2.75) is 51.6 Å². The van der Waals surface area contributed by atoms with Gasteiger partial charge in [-0.15, -0.1) is 0 Å². The minimum Gasteiger partial charge on any atom is -0.493 e. The van der Waals surface area contributed by atoms with Crippen molar-refractivity contribution < 1.29 is 27.5 Å². The molecule has 0 aliphatic rings. The maximum atomic E-state index is 14.2. The standard InChI is InChI=1S/C32H41N3O6S/c1-7-28(32(37)33-20-23(2)3)34(21-25-13-11-12-24(4)18-25)31(36)22-35(42(38,39)27-14-9-8-10-15-27)26-16-17-29(40-5)30(19-26)41-6/h8-19,23,28H,7,20-22H2,1-6H3,(H,33,37)/t28-/m1/s1. The molecule has 2 amide bonds. The predicted molar refractivity (Wildman–Crippen MR) is 164 cm³/mol. The lowest BCUT2D eigenvalue weighted by Gasteiger charge is -2.33. The maximum Gasteiger partial charge on any atom is 0.264 e. The molecule has 42 heavy (non-hydrogen) atoms. The minimum atomic E-state index is -4.19. The van der Waals surface area contributed by atoms with Crippen LogP contribution in [0.15, 0.2) is 77.7 Å². The van der Waals surface area contributed by atoms with Crippen molar-refractivity contribution in [2.24, 2.45) is 5.92 Å². The number of anilines is 1. The van der Waals surface area contributed by atoms with Crippen LogP contribution in [0.25, 0.3) is 0 Å². The topological polar surface area (TPSA) is 105 Å². The molecule has 1 N–H and O–H groups in total. The molecule has 0 heterocycles. The van der Waals surface area contributed by atoms with Gasteiger partial charge >= 0.3 is 0 Å². The quantitative estimate of drug-likeness (QED) is 0.288. The molecule has 10 heteroatoms. The molecule has 3 rings (SSSR count). The van der Waals surface area contributed by atoms with E-state index < -0.39 is 28.5 Å². The number of hydrogen-bond acceptors (Lipinski definition) is 6. The summed E-state index contributed by atoms with van der Waals surface area (Å²) in [5, 5.41) is 2.94. The number of nitrogens with one attached hydrogen (secondary N) is 1. The number of sulfonamides is 1. The lowest BCUT2D eigenvalue weighted by Crippen LogP contribution is -2.52. The van der Waals surface area contributed by atoms with Gasteiger partial charge in [-0.05, 0) is 49.1 Å². The molecule has 0 fully saturated rings. The van der Waals surface area contributed by atoms with Gasteiger partial charge in [0.2, 0.25) is 11.8 Å². The highest BCUT2D eigenvalue weighted by Gasteiger charge is 2.34. The van der Waals surface area contributed by atoms with Crippen LogP contribution in [0.1, 0.15) is 38.3 Å². The first kappa shape index (κ1) is 32.5. The molecule has 0 unspecified atom stereocenters. The first-order chi connectivity index (χ1) is 20.0. The predicted octanol–water partition coefficient (Wildman–Crippen LogP) is 4.79. The van der Waals surface area contributed by atoms with Crippen LogP contribution in [0.5, 0.6) is 11.5 Å². The summed E-state index contributed by atoms with van der Waals surface area (Å²) < 4.78 is 39.8. The SMILES string of the molecule is CC[C@H](C(=O)NCC(C)C)N(Cc1cccc(C)c1)C(=O)CN(c1ccc(OC)c(OC)c1)S(=O)(=O)c1ccccc1. The van der Waals surface area contributed by atoms with Gasteiger partial charge in [-0.2, -0.15) is 0 Å². The van der Waals surface area contributed by atoms with Crippen molar-refractivity contribution in [2.75, 3.05) is 31.6 Å². The highest BCUT2D eigenvalue weighted by Crippen LogP contribution is 2.34. The molecule has 3 aromatic rings. The van der Waals surface area contributed by atoms with Gasteiger partial charge in [-0.1, -0.05) is 68.8 Å². The zero-order chi connectivity index (χ0) is 30.9. The van der Waals surface area contributed by atoms with Crippen LogP contribution in [0.3, 0.4) is 0 Å². The van der Waals surface area contributed by atoms with Crippen LogP contribution >= 0.6 is 0 Å². The Bertz CT molecular complexity index is 1460. The fraction of sp³-hybridized carbons (Fsp3) is 0.375. The maximum absolute atomic E-state index is 14.2. The second-order valence-corrected chi connectivity index (χ2v) is 12.3. The van der Waals surface area contributed by atoms with Crippen LogP contribution in [-0.2, 0) is 26.2 Å². The Hall–Kier alpha value is -4.05. The van der Waals surface area contributed by atoms with E-state index in [0.29, 0.717) is 24.5 Å². The van der Waals surface area contributed by atoms with Crippen molar-refractivity contribution in [3.05, 3.63) is 83.9 Å². The number of benzene rings is 3. The summed E-state index contributed by atoms with van der Waals surface area (Å²) in [7, 11) is -1.26. The molecule has 9 nitrogen and oxygen atoms in total. The summed E-state index contributed by atoms with van der Waals surface area (Å²) in [6.45, 7) is 7.84. The Kier molecular flexibility index (Phi) is 11.4. The molecule has 0 radical (unpaired) electrons. The Morgan fingerprint density at radius 2 is 1.60 bits per heavy atom. The van der Waals surface area contributed by atoms with Gasteiger partial charge in [0.1, 0.15) is 12.6 Å². The summed E-state index contributed by atoms with van der Waals surface area (Å²) in [6.07, 6.45) is 0.350. The third-order valence-corrected chi connectivity index (χ3v) is 8.56. The van der Waals surface area contributed by atoms with E-state index in [1.165, 1.54) is 37.3 Å². The average Bonchev–Trinajstić information content (AvgIpc) is 2.98. The first-order valence-corrected chi connectivity index (χ1v) is 15.4. The van der Waals surface area contributed by atoms with Crippen LogP contribution in [0.2, 0.25) is 0 Å². The van der Waals surface area contributed by atoms with Crippen LogP contribution in [-0.4, -0.2) is 58.5 Å². The number of nitrogens with zero attached hydrogens (tertiary/aromatic N) is 2. The molecule has 3 aromatic carbocycles. The number of amides is 2. The number of aryl methyl sites for hydroxylation is 1. The van der Waals surface area contributed by atoms with E-state index in [4.69, 9.17) is 9.47 Å². The second-order valence-electron chi connectivity index (χ2n) is 10.4. The van der Waals surface area contributed by atoms with Gasteiger partial charge in [0.05, 0.1) is 24.8 Å². The number of methoxy groups -OCH3 is 2. The number of carbonyl (C=O) groups is 2. The third kappa shape index (κ3) is 8.03. The van der Waals surface area contributed by atoms with E-state index in [1.807, 2.05) is 52.0 Å². The molecule has 0 saturated carbocycles. The molecule has 0 bridgehead atoms. The summed E-state index contributed by atoms with van der Waals surface area (Å²) in [5.41, 5.74) is 2.07. The minimum absolute atomic E-state index is 0.0273. The molecule has 0 aliphatic heterocycles. The molecule has 0 saturated heterocycles. The average molecular weight is 596 g/mol. The summed E-state index contributed by atoms with van der Waals surface area (Å²) in [4.78, 5) is 29.0. The molecule has 226 valence electrons. The van der Waals surface area contributed by atoms with Crippen LogP contribution < -0.4 is 19.1 Å². The molecule has 1 atom stereocenters. The Morgan fingerprint density at radius 1 is 0.905 bits per heavy atom. The van der Waals surface area contributed by atoms with Gasteiger partial charge in [0, 0.05) is 19.2 Å². The van der Waals surface area contributed by atoms with E-state index in [1.54, 1.807) is 30.3 Å². The number of rotatable bonds is 14. The van der Waals surface area contributed by atoms with Gasteiger partial charge in [-0.25, -0.2) is 8.42 Å². The van der Waals surface area contributed by atoms with E-state index >= 15 is 0 Å². The monoisotopic (exact) mass is 595 g/mol. The smallest absolute Gasteiger partial charge is 0.264 e. The van der Waals surface area contributed by atoms with E-state index in [2.05, 4.69) is 5.32 Å². The van der Waals surface area contributed by atoms with E-state index in [0.717, 1.165) is 15.4 Å². The molecule has 0 aliphatic carbocycles. The normalized spacial score (nSPS) is 12.0. The largest absolute Gasteiger partial charge is 0.493 e. The van der Waals surface area contributed by atoms with Gasteiger partial charge in [0.25, 0.3) is 10.0 Å². The highest BCUT2D eigenvalue weighted by molar-refractivity contribution is 7.92. The number of carbonyl (C=O) groups excluding carboxylic acids is 2. The van der Waals surface area contributed by atoms with Crippen molar-refractivity contribution in [3.8, 4) is 11.5 Å². The summed E-state index contributed by atoms with van der Waals surface area (Å²) in [5.74, 6) is 0.155. The molecule has 0 aromatic heterocycles. The third-order valence-electron chi connectivity index (χ3n) is 6.77. The molecule has 0 spiro atoms. The zero-order valence-corrected chi connectivity index (χ0v) is 26.0.